The molecule has 0 bridgehead atoms. The van der Waals surface area contributed by atoms with E-state index in [1.807, 2.05) is 17.5 Å². The largest absolute Gasteiger partial charge is 0.438 e. The summed E-state index contributed by atoms with van der Waals surface area (Å²) in [5, 5.41) is 14.6. The second-order valence-corrected chi connectivity index (χ2v) is 4.58. The van der Waals surface area contributed by atoms with Crippen LogP contribution in [0.4, 0.5) is 13.2 Å². The Hall–Kier alpha value is -1.34. The van der Waals surface area contributed by atoms with Gasteiger partial charge in [0.15, 0.2) is 0 Å². The van der Waals surface area contributed by atoms with Gasteiger partial charge in [0.25, 0.3) is 5.72 Å². The molecule has 0 aromatic carbocycles. The van der Waals surface area contributed by atoms with Crippen molar-refractivity contribution in [1.82, 2.24) is 5.43 Å². The number of hydrogen-bond donors (Lipinski definition) is 2. The maximum atomic E-state index is 12.4. The van der Waals surface area contributed by atoms with Gasteiger partial charge in [0.05, 0.1) is 12.1 Å². The molecule has 2 heterocycles. The van der Waals surface area contributed by atoms with E-state index in [1.54, 1.807) is 11.5 Å². The summed E-state index contributed by atoms with van der Waals surface area (Å²) in [6, 6.07) is 3.67. The first-order valence-electron chi connectivity index (χ1n) is 4.75. The number of hydrazone groups is 1. The third-order valence-corrected chi connectivity index (χ3v) is 3.11. The van der Waals surface area contributed by atoms with Crippen LogP contribution < -0.4 is 5.43 Å². The highest BCUT2D eigenvalue weighted by atomic mass is 32.1. The number of allylic oxidation sites excluding steroid dienone is 1. The maximum absolute atomic E-state index is 12.4. The Bertz CT molecular complexity index is 453. The number of thiophene rings is 1. The van der Waals surface area contributed by atoms with Crippen LogP contribution in [0.5, 0.6) is 0 Å². The topological polar surface area (TPSA) is 44.6 Å². The molecule has 0 radical (unpaired) electrons. The quantitative estimate of drug-likeness (QED) is 0.859. The van der Waals surface area contributed by atoms with Crippen LogP contribution in [-0.2, 0) is 0 Å². The van der Waals surface area contributed by atoms with Crippen molar-refractivity contribution < 1.29 is 18.3 Å². The molecule has 1 aliphatic heterocycles. The summed E-state index contributed by atoms with van der Waals surface area (Å²) in [7, 11) is 0. The smallest absolute Gasteiger partial charge is 0.362 e. The molecule has 7 heteroatoms. The molecule has 3 nitrogen and oxygen atoms in total. The van der Waals surface area contributed by atoms with Gasteiger partial charge in [-0.15, -0.1) is 11.3 Å². The van der Waals surface area contributed by atoms with E-state index in [4.69, 9.17) is 0 Å². The van der Waals surface area contributed by atoms with Gasteiger partial charge in [-0.25, -0.2) is 0 Å². The van der Waals surface area contributed by atoms with Gasteiger partial charge in [-0.3, -0.25) is 5.43 Å². The Morgan fingerprint density at radius 1 is 1.47 bits per heavy atom. The summed E-state index contributed by atoms with van der Waals surface area (Å²) in [5.74, 6) is 0. The van der Waals surface area contributed by atoms with Crippen LogP contribution in [0.15, 0.2) is 28.7 Å². The first-order valence-corrected chi connectivity index (χ1v) is 5.63. The molecule has 0 fully saturated rings. The normalized spacial score (nSPS) is 25.1. The summed E-state index contributed by atoms with van der Waals surface area (Å²) in [6.07, 6.45) is -2.21. The monoisotopic (exact) mass is 262 g/mol. The third kappa shape index (κ3) is 2.50. The second kappa shape index (κ2) is 4.15. The third-order valence-electron chi connectivity index (χ3n) is 2.27. The van der Waals surface area contributed by atoms with Crippen LogP contribution in [0.1, 0.15) is 11.3 Å². The van der Waals surface area contributed by atoms with Crippen LogP contribution in [0.2, 0.25) is 0 Å². The molecule has 92 valence electrons. The minimum atomic E-state index is -4.74. The lowest BCUT2D eigenvalue weighted by Crippen LogP contribution is -2.52. The van der Waals surface area contributed by atoms with Gasteiger partial charge in [0.1, 0.15) is 0 Å². The summed E-state index contributed by atoms with van der Waals surface area (Å²) < 4.78 is 37.3. The Labute approximate surface area is 99.3 Å². The highest BCUT2D eigenvalue weighted by Crippen LogP contribution is 2.34. The zero-order valence-electron chi connectivity index (χ0n) is 8.53. The molecular formula is C10H9F3N2OS. The predicted octanol–water partition coefficient (Wildman–Crippen LogP) is 2.36. The fraction of sp³-hybridized carbons (Fsp3) is 0.300. The van der Waals surface area contributed by atoms with E-state index in [-0.39, 0.29) is 5.71 Å². The van der Waals surface area contributed by atoms with E-state index in [2.05, 4.69) is 5.10 Å². The van der Waals surface area contributed by atoms with Crippen molar-refractivity contribution in [1.29, 1.82) is 0 Å². The van der Waals surface area contributed by atoms with Crippen molar-refractivity contribution in [2.24, 2.45) is 5.10 Å². The van der Waals surface area contributed by atoms with Crippen LogP contribution in [0, 0.1) is 0 Å². The fourth-order valence-electron chi connectivity index (χ4n) is 1.33. The minimum absolute atomic E-state index is 0.165. The number of aliphatic hydroxyl groups is 1. The number of hydrogen-bond acceptors (Lipinski definition) is 4. The first kappa shape index (κ1) is 12.1. The van der Waals surface area contributed by atoms with Crippen LogP contribution >= 0.6 is 11.3 Å². The molecule has 1 aromatic heterocycles. The van der Waals surface area contributed by atoms with Gasteiger partial charge in [-0.05, 0) is 23.6 Å². The van der Waals surface area contributed by atoms with Gasteiger partial charge < -0.3 is 5.11 Å². The first-order chi connectivity index (χ1) is 7.91. The predicted molar refractivity (Wildman–Crippen MR) is 59.5 cm³/mol. The van der Waals surface area contributed by atoms with E-state index in [1.165, 1.54) is 17.4 Å². The molecule has 0 amide bonds. The number of alkyl halides is 3. The molecule has 1 aliphatic rings. The molecule has 0 saturated carbocycles. The van der Waals surface area contributed by atoms with E-state index in [9.17, 15) is 18.3 Å². The van der Waals surface area contributed by atoms with E-state index in [0.717, 1.165) is 4.88 Å². The zero-order chi connectivity index (χ0) is 12.5. The molecule has 0 spiro atoms. The molecule has 0 aliphatic carbocycles. The molecule has 17 heavy (non-hydrogen) atoms. The van der Waals surface area contributed by atoms with Gasteiger partial charge in [0, 0.05) is 4.88 Å². The highest BCUT2D eigenvalue weighted by molar-refractivity contribution is 7.10. The van der Waals surface area contributed by atoms with Gasteiger partial charge >= 0.3 is 6.18 Å². The maximum Gasteiger partial charge on any atom is 0.438 e. The Morgan fingerprint density at radius 2 is 2.24 bits per heavy atom. The number of nitrogens with zero attached hydrogens (tertiary/aromatic N) is 1. The highest BCUT2D eigenvalue weighted by Gasteiger charge is 2.56. The fourth-order valence-corrected chi connectivity index (χ4v) is 1.95. The summed E-state index contributed by atoms with van der Waals surface area (Å²) in [6.45, 7) is 0. The van der Waals surface area contributed by atoms with Crippen molar-refractivity contribution in [3.05, 3.63) is 28.5 Å². The molecule has 1 unspecified atom stereocenters. The van der Waals surface area contributed by atoms with Crippen LogP contribution in [0.3, 0.4) is 0 Å². The Kier molecular flexibility index (Phi) is 2.96. The van der Waals surface area contributed by atoms with Crippen LogP contribution in [-0.4, -0.2) is 22.7 Å². The number of halogens is 3. The van der Waals surface area contributed by atoms with E-state index >= 15 is 0 Å². The van der Waals surface area contributed by atoms with Crippen molar-refractivity contribution in [2.45, 2.75) is 18.3 Å². The van der Waals surface area contributed by atoms with Gasteiger partial charge in [-0.1, -0.05) is 6.07 Å². The van der Waals surface area contributed by atoms with Crippen molar-refractivity contribution in [2.75, 3.05) is 0 Å². The lowest BCUT2D eigenvalue weighted by atomic mass is 10.1. The Balaban J connectivity index is 2.03. The lowest BCUT2D eigenvalue weighted by molar-refractivity contribution is -0.266. The molecule has 2 N–H and O–H groups in total. The van der Waals surface area contributed by atoms with Crippen LogP contribution in [0.25, 0.3) is 6.08 Å². The van der Waals surface area contributed by atoms with Gasteiger partial charge in [0.2, 0.25) is 0 Å². The van der Waals surface area contributed by atoms with Crippen molar-refractivity contribution in [3.8, 4) is 0 Å². The second-order valence-electron chi connectivity index (χ2n) is 3.60. The average molecular weight is 262 g/mol. The summed E-state index contributed by atoms with van der Waals surface area (Å²) in [5.41, 5.74) is -1.05. The zero-order valence-corrected chi connectivity index (χ0v) is 9.35. The number of nitrogens with one attached hydrogen (secondary N) is 1. The minimum Gasteiger partial charge on any atom is -0.362 e. The summed E-state index contributed by atoms with van der Waals surface area (Å²) in [4.78, 5) is 0.912. The lowest BCUT2D eigenvalue weighted by Gasteiger charge is -2.24. The molecule has 1 atom stereocenters. The Morgan fingerprint density at radius 3 is 2.76 bits per heavy atom. The average Bonchev–Trinajstić information content (AvgIpc) is 2.83. The molecule has 2 rings (SSSR count). The SMILES string of the molecule is OC1(C(F)(F)F)CC(/C=C/c2cccs2)=NN1. The molecule has 1 aromatic rings. The molecule has 0 saturated heterocycles. The van der Waals surface area contributed by atoms with Gasteiger partial charge in [-0.2, -0.15) is 18.3 Å². The summed E-state index contributed by atoms with van der Waals surface area (Å²) >= 11 is 1.46. The van der Waals surface area contributed by atoms with Crippen molar-refractivity contribution >= 4 is 23.1 Å². The molecular weight excluding hydrogens is 253 g/mol. The van der Waals surface area contributed by atoms with Crippen molar-refractivity contribution in [3.63, 3.8) is 0 Å². The standard InChI is InChI=1S/C10H9F3N2OS/c11-10(12,13)9(16)6-7(14-15-9)3-4-8-2-1-5-17-8/h1-5,15-16H,6H2/b4-3+. The number of rotatable bonds is 2. The van der Waals surface area contributed by atoms with E-state index in [0.29, 0.717) is 0 Å². The van der Waals surface area contributed by atoms with E-state index < -0.39 is 18.3 Å².